The standard InChI is InChI=1S/C15H22N4O2/c1-2-18-11-15(5-3-13(18)20)6-9-19(10-7-15)14(21)12-4-8-16-17-12/h4,8H,2-3,5-7,9-11H2,1H3,(H,16,17). The molecule has 2 aliphatic heterocycles. The smallest absolute Gasteiger partial charge is 0.271 e. The van der Waals surface area contributed by atoms with Crippen LogP contribution in [0.15, 0.2) is 12.3 Å². The zero-order valence-electron chi connectivity index (χ0n) is 12.5. The van der Waals surface area contributed by atoms with Crippen LogP contribution in [-0.4, -0.2) is 58.0 Å². The van der Waals surface area contributed by atoms with Crippen molar-refractivity contribution in [2.45, 2.75) is 32.6 Å². The molecule has 0 bridgehead atoms. The minimum atomic E-state index is 0.0292. The molecule has 0 atom stereocenters. The van der Waals surface area contributed by atoms with Crippen molar-refractivity contribution in [1.29, 1.82) is 0 Å². The monoisotopic (exact) mass is 290 g/mol. The van der Waals surface area contributed by atoms with Crippen LogP contribution in [0.2, 0.25) is 0 Å². The van der Waals surface area contributed by atoms with E-state index in [0.717, 1.165) is 45.4 Å². The Balaban J connectivity index is 1.62. The zero-order valence-corrected chi connectivity index (χ0v) is 12.5. The van der Waals surface area contributed by atoms with Gasteiger partial charge in [-0.2, -0.15) is 5.10 Å². The summed E-state index contributed by atoms with van der Waals surface area (Å²) in [6, 6.07) is 1.71. The van der Waals surface area contributed by atoms with E-state index in [-0.39, 0.29) is 17.2 Å². The van der Waals surface area contributed by atoms with Crippen LogP contribution < -0.4 is 0 Å². The van der Waals surface area contributed by atoms with Crippen LogP contribution in [0.4, 0.5) is 0 Å². The lowest BCUT2D eigenvalue weighted by atomic mass is 9.72. The Hall–Kier alpha value is -1.85. The molecule has 1 N–H and O–H groups in total. The van der Waals surface area contributed by atoms with Gasteiger partial charge in [-0.1, -0.05) is 0 Å². The molecule has 0 aromatic carbocycles. The fourth-order valence-electron chi connectivity index (χ4n) is 3.53. The molecule has 3 heterocycles. The fraction of sp³-hybridized carbons (Fsp3) is 0.667. The lowest BCUT2D eigenvalue weighted by Crippen LogP contribution is -2.52. The molecule has 0 aliphatic carbocycles. The Morgan fingerprint density at radius 1 is 1.38 bits per heavy atom. The predicted octanol–water partition coefficient (Wildman–Crippen LogP) is 1.27. The second kappa shape index (κ2) is 5.50. The largest absolute Gasteiger partial charge is 0.342 e. The molecule has 2 amide bonds. The van der Waals surface area contributed by atoms with E-state index in [1.54, 1.807) is 12.3 Å². The van der Waals surface area contributed by atoms with Gasteiger partial charge in [0.25, 0.3) is 5.91 Å². The molecule has 6 heteroatoms. The number of nitrogens with zero attached hydrogens (tertiary/aromatic N) is 3. The number of nitrogens with one attached hydrogen (secondary N) is 1. The van der Waals surface area contributed by atoms with E-state index in [1.165, 1.54) is 0 Å². The van der Waals surface area contributed by atoms with Crippen molar-refractivity contribution in [2.75, 3.05) is 26.2 Å². The first kappa shape index (κ1) is 14.1. The van der Waals surface area contributed by atoms with Gasteiger partial charge in [0.05, 0.1) is 0 Å². The molecule has 6 nitrogen and oxygen atoms in total. The van der Waals surface area contributed by atoms with Gasteiger partial charge in [-0.25, -0.2) is 0 Å². The molecule has 0 saturated carbocycles. The van der Waals surface area contributed by atoms with Crippen molar-refractivity contribution in [3.05, 3.63) is 18.0 Å². The van der Waals surface area contributed by atoms with E-state index in [1.807, 2.05) is 16.7 Å². The molecule has 3 rings (SSSR count). The minimum absolute atomic E-state index is 0.0292. The Labute approximate surface area is 124 Å². The first-order chi connectivity index (χ1) is 10.1. The maximum atomic E-state index is 12.3. The highest BCUT2D eigenvalue weighted by Crippen LogP contribution is 2.40. The maximum absolute atomic E-state index is 12.3. The third kappa shape index (κ3) is 2.66. The van der Waals surface area contributed by atoms with Crippen LogP contribution in [0.25, 0.3) is 0 Å². The van der Waals surface area contributed by atoms with Gasteiger partial charge in [-0.05, 0) is 37.7 Å². The molecule has 0 unspecified atom stereocenters. The minimum Gasteiger partial charge on any atom is -0.342 e. The summed E-state index contributed by atoms with van der Waals surface area (Å²) < 4.78 is 0. The van der Waals surface area contributed by atoms with Crippen LogP contribution in [0.1, 0.15) is 43.1 Å². The van der Waals surface area contributed by atoms with Gasteiger partial charge >= 0.3 is 0 Å². The molecule has 1 aromatic rings. The number of likely N-dealkylation sites (tertiary alicyclic amines) is 2. The highest BCUT2D eigenvalue weighted by molar-refractivity contribution is 5.92. The number of carbonyl (C=O) groups excluding carboxylic acids is 2. The third-order valence-electron chi connectivity index (χ3n) is 4.97. The van der Waals surface area contributed by atoms with E-state index >= 15 is 0 Å². The molecule has 1 aromatic heterocycles. The first-order valence-corrected chi connectivity index (χ1v) is 7.70. The van der Waals surface area contributed by atoms with Crippen molar-refractivity contribution in [3.8, 4) is 0 Å². The highest BCUT2D eigenvalue weighted by atomic mass is 16.2. The summed E-state index contributed by atoms with van der Waals surface area (Å²) in [7, 11) is 0. The number of aromatic amines is 1. The van der Waals surface area contributed by atoms with Crippen molar-refractivity contribution >= 4 is 11.8 Å². The van der Waals surface area contributed by atoms with E-state index in [2.05, 4.69) is 10.2 Å². The second-order valence-corrected chi connectivity index (χ2v) is 6.17. The molecule has 114 valence electrons. The van der Waals surface area contributed by atoms with Gasteiger partial charge in [0.15, 0.2) is 0 Å². The van der Waals surface area contributed by atoms with Crippen molar-refractivity contribution in [1.82, 2.24) is 20.0 Å². The van der Waals surface area contributed by atoms with Gasteiger partial charge in [-0.3, -0.25) is 14.7 Å². The van der Waals surface area contributed by atoms with Crippen molar-refractivity contribution < 1.29 is 9.59 Å². The van der Waals surface area contributed by atoms with Gasteiger partial charge < -0.3 is 9.80 Å². The van der Waals surface area contributed by atoms with E-state index in [0.29, 0.717) is 12.1 Å². The highest BCUT2D eigenvalue weighted by Gasteiger charge is 2.41. The molecule has 2 fully saturated rings. The number of amides is 2. The number of carbonyl (C=O) groups is 2. The molecular weight excluding hydrogens is 268 g/mol. The summed E-state index contributed by atoms with van der Waals surface area (Å²) in [4.78, 5) is 28.0. The van der Waals surface area contributed by atoms with Gasteiger partial charge in [0.1, 0.15) is 5.69 Å². The van der Waals surface area contributed by atoms with Crippen molar-refractivity contribution in [2.24, 2.45) is 5.41 Å². The molecule has 2 saturated heterocycles. The lowest BCUT2D eigenvalue weighted by Gasteiger charge is -2.47. The number of rotatable bonds is 2. The zero-order chi connectivity index (χ0) is 14.9. The van der Waals surface area contributed by atoms with Crippen LogP contribution in [-0.2, 0) is 4.79 Å². The van der Waals surface area contributed by atoms with Crippen LogP contribution in [0.5, 0.6) is 0 Å². The number of aromatic nitrogens is 2. The Morgan fingerprint density at radius 3 is 2.76 bits per heavy atom. The molecule has 0 radical (unpaired) electrons. The molecule has 21 heavy (non-hydrogen) atoms. The Morgan fingerprint density at radius 2 is 2.14 bits per heavy atom. The SMILES string of the molecule is CCN1CC2(CCC1=O)CCN(C(=O)c1ccn[nH]1)CC2. The predicted molar refractivity (Wildman–Crippen MR) is 77.6 cm³/mol. The first-order valence-electron chi connectivity index (χ1n) is 7.70. The molecular formula is C15H22N4O2. The summed E-state index contributed by atoms with van der Waals surface area (Å²) in [5.41, 5.74) is 0.772. The fourth-order valence-corrected chi connectivity index (χ4v) is 3.53. The van der Waals surface area contributed by atoms with Crippen molar-refractivity contribution in [3.63, 3.8) is 0 Å². The average Bonchev–Trinajstić information content (AvgIpc) is 3.04. The Kier molecular flexibility index (Phi) is 3.69. The summed E-state index contributed by atoms with van der Waals surface area (Å²) in [5, 5.41) is 6.57. The summed E-state index contributed by atoms with van der Waals surface area (Å²) in [6.07, 6.45) is 5.19. The summed E-state index contributed by atoms with van der Waals surface area (Å²) in [5.74, 6) is 0.306. The van der Waals surface area contributed by atoms with E-state index in [9.17, 15) is 9.59 Å². The Bertz CT molecular complexity index is 518. The summed E-state index contributed by atoms with van der Waals surface area (Å²) >= 11 is 0. The van der Waals surface area contributed by atoms with E-state index < -0.39 is 0 Å². The van der Waals surface area contributed by atoms with Crippen LogP contribution >= 0.6 is 0 Å². The topological polar surface area (TPSA) is 69.3 Å². The summed E-state index contributed by atoms with van der Waals surface area (Å²) in [6.45, 7) is 5.22. The lowest BCUT2D eigenvalue weighted by molar-refractivity contribution is -0.138. The van der Waals surface area contributed by atoms with Gasteiger partial charge in [0, 0.05) is 38.8 Å². The number of H-pyrrole nitrogens is 1. The molecule has 1 spiro atoms. The third-order valence-corrected chi connectivity index (χ3v) is 4.97. The average molecular weight is 290 g/mol. The van der Waals surface area contributed by atoms with E-state index in [4.69, 9.17) is 0 Å². The van der Waals surface area contributed by atoms with Gasteiger partial charge in [0.2, 0.25) is 5.91 Å². The maximum Gasteiger partial charge on any atom is 0.271 e. The van der Waals surface area contributed by atoms with Crippen LogP contribution in [0, 0.1) is 5.41 Å². The number of piperidine rings is 2. The van der Waals surface area contributed by atoms with Crippen LogP contribution in [0.3, 0.4) is 0 Å². The normalized spacial score (nSPS) is 21.9. The van der Waals surface area contributed by atoms with Gasteiger partial charge in [-0.15, -0.1) is 0 Å². The number of hydrogen-bond donors (Lipinski definition) is 1. The quantitative estimate of drug-likeness (QED) is 0.892. The number of hydrogen-bond acceptors (Lipinski definition) is 3. The second-order valence-electron chi connectivity index (χ2n) is 6.17. The molecule has 2 aliphatic rings.